The minimum Gasteiger partial charge on any atom is -0.507 e. The van der Waals surface area contributed by atoms with Crippen molar-refractivity contribution in [3.63, 3.8) is 0 Å². The molecule has 5 nitrogen and oxygen atoms in total. The van der Waals surface area contributed by atoms with Gasteiger partial charge in [0.1, 0.15) is 11.5 Å². The fraction of sp³-hybridized carbons (Fsp3) is 0.500. The minimum absolute atomic E-state index is 0.0365. The first kappa shape index (κ1) is 13.9. The zero-order chi connectivity index (χ0) is 15.1. The van der Waals surface area contributed by atoms with E-state index in [0.29, 0.717) is 36.5 Å². The number of hydrogen-bond acceptors (Lipinski definition) is 5. The summed E-state index contributed by atoms with van der Waals surface area (Å²) < 4.78 is 10.7. The molecule has 0 amide bonds. The van der Waals surface area contributed by atoms with Crippen molar-refractivity contribution in [2.75, 3.05) is 13.2 Å². The van der Waals surface area contributed by atoms with E-state index in [0.717, 1.165) is 0 Å². The van der Waals surface area contributed by atoms with Gasteiger partial charge in [-0.1, -0.05) is 6.92 Å². The van der Waals surface area contributed by atoms with E-state index < -0.39 is 0 Å². The number of phenolic OH excluding ortho intramolecular Hbond substituents is 1. The molecule has 112 valence electrons. The average Bonchev–Trinajstić information content (AvgIpc) is 3.21. The van der Waals surface area contributed by atoms with Gasteiger partial charge < -0.3 is 14.6 Å². The van der Waals surface area contributed by atoms with Crippen LogP contribution < -0.4 is 4.74 Å². The molecule has 1 aliphatic carbocycles. The number of ether oxygens (including phenoxy) is 2. The van der Waals surface area contributed by atoms with Crippen molar-refractivity contribution in [2.24, 2.45) is 11.8 Å². The zero-order valence-electron chi connectivity index (χ0n) is 12.1. The highest BCUT2D eigenvalue weighted by molar-refractivity contribution is 5.99. The lowest BCUT2D eigenvalue weighted by Gasteiger charge is -2.18. The van der Waals surface area contributed by atoms with Gasteiger partial charge in [-0.2, -0.15) is 0 Å². The number of Topliss-reactive ketones (excluding diaryl/α,β-unsaturated/α-hetero) is 1. The van der Waals surface area contributed by atoms with Crippen molar-refractivity contribution in [1.82, 2.24) is 0 Å². The molecule has 1 aliphatic heterocycles. The Kier molecular flexibility index (Phi) is 3.35. The number of carbonyl (C=O) groups excluding carboxylic acids is 2. The number of rotatable bonds is 4. The molecule has 2 aliphatic rings. The van der Waals surface area contributed by atoms with E-state index in [1.165, 1.54) is 0 Å². The van der Waals surface area contributed by atoms with Crippen molar-refractivity contribution in [1.29, 1.82) is 0 Å². The smallest absolute Gasteiger partial charge is 0.309 e. The Hall–Kier alpha value is -2.04. The molecule has 1 aromatic carbocycles. The number of benzene rings is 1. The molecule has 1 N–H and O–H groups in total. The van der Waals surface area contributed by atoms with E-state index in [4.69, 9.17) is 9.47 Å². The van der Waals surface area contributed by atoms with Gasteiger partial charge in [-0.25, -0.2) is 0 Å². The van der Waals surface area contributed by atoms with E-state index in [1.54, 1.807) is 26.0 Å². The Morgan fingerprint density at radius 2 is 2.14 bits per heavy atom. The van der Waals surface area contributed by atoms with E-state index in [1.807, 2.05) is 0 Å². The van der Waals surface area contributed by atoms with Crippen LogP contribution in [-0.2, 0) is 9.53 Å². The molecule has 0 saturated heterocycles. The molecule has 5 heteroatoms. The molecule has 1 saturated carbocycles. The van der Waals surface area contributed by atoms with Crippen molar-refractivity contribution in [2.45, 2.75) is 26.2 Å². The maximum Gasteiger partial charge on any atom is 0.309 e. The van der Waals surface area contributed by atoms with Gasteiger partial charge in [-0.3, -0.25) is 9.59 Å². The first-order chi connectivity index (χ1) is 10.1. The second kappa shape index (κ2) is 5.06. The summed E-state index contributed by atoms with van der Waals surface area (Å²) in [6.07, 6.45) is 0.322. The monoisotopic (exact) mass is 290 g/mol. The molecular weight excluding hydrogens is 272 g/mol. The molecule has 1 fully saturated rings. The lowest BCUT2D eigenvalue weighted by Crippen LogP contribution is -2.11. The molecule has 1 aromatic rings. The largest absolute Gasteiger partial charge is 0.507 e. The topological polar surface area (TPSA) is 72.8 Å². The molecule has 3 unspecified atom stereocenters. The molecule has 0 radical (unpaired) electrons. The number of carbonyl (C=O) groups is 2. The van der Waals surface area contributed by atoms with Crippen LogP contribution in [0.2, 0.25) is 0 Å². The highest BCUT2D eigenvalue weighted by Crippen LogP contribution is 2.62. The maximum atomic E-state index is 11.9. The first-order valence-electron chi connectivity index (χ1n) is 7.28. The summed E-state index contributed by atoms with van der Waals surface area (Å²) in [5.74, 6) is -0.189. The lowest BCUT2D eigenvalue weighted by atomic mass is 9.97. The minimum atomic E-state index is -0.274. The third-order valence-electron chi connectivity index (χ3n) is 4.29. The van der Waals surface area contributed by atoms with Crippen LogP contribution in [0.15, 0.2) is 12.1 Å². The molecule has 0 aromatic heterocycles. The van der Waals surface area contributed by atoms with Gasteiger partial charge in [0.2, 0.25) is 0 Å². The zero-order valence-corrected chi connectivity index (χ0v) is 12.1. The summed E-state index contributed by atoms with van der Waals surface area (Å²) in [5, 5.41) is 10.4. The van der Waals surface area contributed by atoms with Crippen molar-refractivity contribution in [3.8, 4) is 11.5 Å². The summed E-state index contributed by atoms with van der Waals surface area (Å²) >= 11 is 0. The Labute approximate surface area is 122 Å². The molecule has 0 bridgehead atoms. The number of aromatic hydroxyl groups is 1. The van der Waals surface area contributed by atoms with Crippen LogP contribution >= 0.6 is 0 Å². The third-order valence-corrected chi connectivity index (χ3v) is 4.29. The number of phenols is 1. The van der Waals surface area contributed by atoms with Crippen molar-refractivity contribution >= 4 is 11.8 Å². The van der Waals surface area contributed by atoms with Crippen LogP contribution in [0.25, 0.3) is 0 Å². The van der Waals surface area contributed by atoms with Gasteiger partial charge in [0.25, 0.3) is 0 Å². The van der Waals surface area contributed by atoms with Crippen molar-refractivity contribution in [3.05, 3.63) is 23.3 Å². The summed E-state index contributed by atoms with van der Waals surface area (Å²) in [7, 11) is 0. The summed E-state index contributed by atoms with van der Waals surface area (Å²) in [6, 6.07) is 3.29. The molecule has 3 rings (SSSR count). The second-order valence-electron chi connectivity index (χ2n) is 5.43. The number of esters is 1. The molecule has 3 atom stereocenters. The SMILES string of the molecule is CCOC(=O)C1C2COc3ccc(C(=O)CC)c(O)c3C21. The van der Waals surface area contributed by atoms with E-state index in [2.05, 4.69) is 0 Å². The quantitative estimate of drug-likeness (QED) is 0.680. The average molecular weight is 290 g/mol. The Morgan fingerprint density at radius 3 is 2.81 bits per heavy atom. The van der Waals surface area contributed by atoms with Gasteiger partial charge in [0.05, 0.1) is 24.7 Å². The standard InChI is InChI=1S/C16H18O5/c1-3-10(17)8-5-6-11-14(15(8)18)12-9(7-21-11)13(12)16(19)20-4-2/h5-6,9,12-13,18H,3-4,7H2,1-2H3. The Bertz CT molecular complexity index is 607. The van der Waals surface area contributed by atoms with Gasteiger partial charge >= 0.3 is 5.97 Å². The molecule has 21 heavy (non-hydrogen) atoms. The number of fused-ring (bicyclic) bond motifs is 3. The van der Waals surface area contributed by atoms with Crippen LogP contribution in [-0.4, -0.2) is 30.1 Å². The van der Waals surface area contributed by atoms with E-state index in [9.17, 15) is 14.7 Å². The van der Waals surface area contributed by atoms with Crippen LogP contribution in [0.1, 0.15) is 42.1 Å². The summed E-state index contributed by atoms with van der Waals surface area (Å²) in [6.45, 7) is 4.30. The van der Waals surface area contributed by atoms with Crippen molar-refractivity contribution < 1.29 is 24.2 Å². The van der Waals surface area contributed by atoms with Crippen LogP contribution in [0.3, 0.4) is 0 Å². The lowest BCUT2D eigenvalue weighted by molar-refractivity contribution is -0.145. The van der Waals surface area contributed by atoms with Gasteiger partial charge in [0, 0.05) is 23.8 Å². The van der Waals surface area contributed by atoms with Gasteiger partial charge in [-0.05, 0) is 19.1 Å². The van der Waals surface area contributed by atoms with Crippen LogP contribution in [0, 0.1) is 11.8 Å². The normalized spacial score (nSPS) is 25.3. The predicted molar refractivity (Wildman–Crippen MR) is 74.6 cm³/mol. The third kappa shape index (κ3) is 2.07. The summed E-state index contributed by atoms with van der Waals surface area (Å²) in [5.41, 5.74) is 0.888. The highest BCUT2D eigenvalue weighted by Gasteiger charge is 2.60. The van der Waals surface area contributed by atoms with Gasteiger partial charge in [-0.15, -0.1) is 0 Å². The van der Waals surface area contributed by atoms with Crippen LogP contribution in [0.5, 0.6) is 11.5 Å². The first-order valence-corrected chi connectivity index (χ1v) is 7.28. The fourth-order valence-corrected chi connectivity index (χ4v) is 3.17. The second-order valence-corrected chi connectivity index (χ2v) is 5.43. The number of hydrogen-bond donors (Lipinski definition) is 1. The van der Waals surface area contributed by atoms with E-state index in [-0.39, 0.29) is 35.3 Å². The van der Waals surface area contributed by atoms with E-state index >= 15 is 0 Å². The maximum absolute atomic E-state index is 11.9. The summed E-state index contributed by atoms with van der Waals surface area (Å²) in [4.78, 5) is 23.8. The Balaban J connectivity index is 1.97. The molecule has 0 spiro atoms. The van der Waals surface area contributed by atoms with Gasteiger partial charge in [0.15, 0.2) is 5.78 Å². The number of ketones is 1. The van der Waals surface area contributed by atoms with Crippen LogP contribution in [0.4, 0.5) is 0 Å². The predicted octanol–water partition coefficient (Wildman–Crippen LogP) is 2.27. The molecule has 1 heterocycles. The Morgan fingerprint density at radius 1 is 1.38 bits per heavy atom. The molecular formula is C16H18O5. The highest BCUT2D eigenvalue weighted by atomic mass is 16.5. The fourth-order valence-electron chi connectivity index (χ4n) is 3.17.